The van der Waals surface area contributed by atoms with Crippen LogP contribution in [0, 0.1) is 0 Å². The number of nitrogens with one attached hydrogen (secondary N) is 1. The fourth-order valence-electron chi connectivity index (χ4n) is 3.81. The van der Waals surface area contributed by atoms with Crippen molar-refractivity contribution in [1.82, 2.24) is 10.3 Å². The van der Waals surface area contributed by atoms with Gasteiger partial charge in [0, 0.05) is 43.1 Å². The van der Waals surface area contributed by atoms with E-state index in [1.54, 1.807) is 0 Å². The topological polar surface area (TPSA) is 54.5 Å². The normalized spacial score (nSPS) is 14.3. The number of carbonyl (C=O) groups excluding carboxylic acids is 1. The van der Waals surface area contributed by atoms with Crippen molar-refractivity contribution in [3.63, 3.8) is 0 Å². The second kappa shape index (κ2) is 7.95. The summed E-state index contributed by atoms with van der Waals surface area (Å²) in [4.78, 5) is 18.7. The first-order chi connectivity index (χ1) is 14.0. The van der Waals surface area contributed by atoms with Gasteiger partial charge in [-0.15, -0.1) is 0 Å². The molecular formula is C24H25N3O2. The number of benzene rings is 2. The van der Waals surface area contributed by atoms with Crippen molar-refractivity contribution in [1.29, 1.82) is 0 Å². The number of rotatable bonds is 5. The molecule has 4 rings (SSSR count). The molecule has 1 aromatic heterocycles. The van der Waals surface area contributed by atoms with Crippen molar-refractivity contribution in [2.45, 2.75) is 32.4 Å². The Kier molecular flexibility index (Phi) is 5.21. The molecule has 5 heteroatoms. The van der Waals surface area contributed by atoms with Gasteiger partial charge in [0.25, 0.3) is 0 Å². The molecule has 0 unspecified atom stereocenters. The van der Waals surface area contributed by atoms with Gasteiger partial charge in [-0.25, -0.2) is 4.79 Å². The van der Waals surface area contributed by atoms with Gasteiger partial charge in [-0.05, 0) is 47.0 Å². The molecule has 148 valence electrons. The van der Waals surface area contributed by atoms with E-state index in [1.165, 1.54) is 16.8 Å². The van der Waals surface area contributed by atoms with Gasteiger partial charge in [-0.1, -0.05) is 44.2 Å². The second-order valence-electron chi connectivity index (χ2n) is 8.00. The van der Waals surface area contributed by atoms with Gasteiger partial charge >= 0.3 is 6.09 Å². The number of ether oxygens (including phenoxy) is 1. The highest BCUT2D eigenvalue weighted by molar-refractivity contribution is 5.72. The molecule has 0 saturated heterocycles. The number of anilines is 1. The predicted molar refractivity (Wildman–Crippen MR) is 114 cm³/mol. The van der Waals surface area contributed by atoms with E-state index in [-0.39, 0.29) is 5.41 Å². The van der Waals surface area contributed by atoms with E-state index < -0.39 is 6.09 Å². The van der Waals surface area contributed by atoms with Crippen LogP contribution in [-0.4, -0.2) is 17.6 Å². The highest BCUT2D eigenvalue weighted by atomic mass is 16.6. The van der Waals surface area contributed by atoms with E-state index in [0.29, 0.717) is 12.3 Å². The maximum Gasteiger partial charge on any atom is 0.412 e. The average molecular weight is 387 g/mol. The van der Waals surface area contributed by atoms with Crippen molar-refractivity contribution in [3.05, 3.63) is 89.7 Å². The Labute approximate surface area is 171 Å². The van der Waals surface area contributed by atoms with Gasteiger partial charge in [0.2, 0.25) is 0 Å². The molecule has 0 atom stereocenters. The van der Waals surface area contributed by atoms with Gasteiger partial charge in [-0.3, -0.25) is 4.98 Å². The van der Waals surface area contributed by atoms with Crippen LogP contribution in [0.5, 0.6) is 5.75 Å². The number of pyridine rings is 1. The molecule has 3 aromatic rings. The molecule has 2 aromatic carbocycles. The predicted octanol–water partition coefficient (Wildman–Crippen LogP) is 4.67. The number of fused-ring (bicyclic) bond motifs is 1. The highest BCUT2D eigenvalue weighted by Gasteiger charge is 2.35. The van der Waals surface area contributed by atoms with Crippen molar-refractivity contribution >= 4 is 11.8 Å². The minimum atomic E-state index is -0.446. The number of aromatic nitrogens is 1. The number of hydrogen-bond donors (Lipinski definition) is 1. The van der Waals surface area contributed by atoms with Crippen LogP contribution < -0.4 is 15.0 Å². The van der Waals surface area contributed by atoms with E-state index >= 15 is 0 Å². The van der Waals surface area contributed by atoms with E-state index in [0.717, 1.165) is 18.7 Å². The van der Waals surface area contributed by atoms with Gasteiger partial charge in [0.1, 0.15) is 5.75 Å². The first-order valence-corrected chi connectivity index (χ1v) is 9.79. The molecule has 1 aliphatic rings. The molecule has 2 heterocycles. The zero-order chi connectivity index (χ0) is 20.3. The van der Waals surface area contributed by atoms with Crippen molar-refractivity contribution in [3.8, 4) is 5.75 Å². The minimum absolute atomic E-state index is 0.0255. The number of amides is 1. The van der Waals surface area contributed by atoms with Crippen LogP contribution in [0.4, 0.5) is 10.5 Å². The van der Waals surface area contributed by atoms with Gasteiger partial charge in [0.05, 0.1) is 0 Å². The lowest BCUT2D eigenvalue weighted by Gasteiger charge is -2.22. The van der Waals surface area contributed by atoms with Crippen LogP contribution in [0.25, 0.3) is 0 Å². The Bertz CT molecular complexity index is 988. The zero-order valence-electron chi connectivity index (χ0n) is 16.8. The molecule has 0 bridgehead atoms. The third-order valence-corrected chi connectivity index (χ3v) is 5.24. The summed E-state index contributed by atoms with van der Waals surface area (Å²) in [6.07, 6.45) is 3.20. The lowest BCUT2D eigenvalue weighted by Crippen LogP contribution is -2.28. The standard InChI is InChI=1S/C24H25N3O2/c1-24(2)17-27(16-19-10-12-25-13-11-19)22-9-8-20(14-21(22)24)29-23(28)26-15-18-6-4-3-5-7-18/h3-14H,15-17H2,1-2H3,(H,26,28). The molecule has 0 aliphatic carbocycles. The van der Waals surface area contributed by atoms with E-state index in [4.69, 9.17) is 4.74 Å². The lowest BCUT2D eigenvalue weighted by molar-refractivity contribution is 0.200. The number of hydrogen-bond acceptors (Lipinski definition) is 4. The van der Waals surface area contributed by atoms with Crippen LogP contribution in [0.15, 0.2) is 73.1 Å². The van der Waals surface area contributed by atoms with E-state index in [9.17, 15) is 4.79 Å². The molecule has 0 spiro atoms. The van der Waals surface area contributed by atoms with Crippen molar-refractivity contribution < 1.29 is 9.53 Å². The average Bonchev–Trinajstić information content (AvgIpc) is 2.97. The molecule has 29 heavy (non-hydrogen) atoms. The Hall–Kier alpha value is -3.34. The molecular weight excluding hydrogens is 362 g/mol. The Morgan fingerprint density at radius 2 is 1.83 bits per heavy atom. The number of nitrogens with zero attached hydrogens (tertiary/aromatic N) is 2. The van der Waals surface area contributed by atoms with Crippen molar-refractivity contribution in [2.75, 3.05) is 11.4 Å². The summed E-state index contributed by atoms with van der Waals surface area (Å²) in [6.45, 7) is 6.62. The van der Waals surface area contributed by atoms with E-state index in [2.05, 4.69) is 29.0 Å². The van der Waals surface area contributed by atoms with Gasteiger partial charge in [0.15, 0.2) is 0 Å². The first kappa shape index (κ1) is 19.0. The summed E-state index contributed by atoms with van der Waals surface area (Å²) in [7, 11) is 0. The monoisotopic (exact) mass is 387 g/mol. The summed E-state index contributed by atoms with van der Waals surface area (Å²) in [5, 5.41) is 2.80. The largest absolute Gasteiger partial charge is 0.412 e. The second-order valence-corrected chi connectivity index (χ2v) is 8.00. The first-order valence-electron chi connectivity index (χ1n) is 9.79. The summed E-state index contributed by atoms with van der Waals surface area (Å²) >= 11 is 0. The van der Waals surface area contributed by atoms with Crippen LogP contribution in [0.2, 0.25) is 0 Å². The summed E-state index contributed by atoms with van der Waals surface area (Å²) < 4.78 is 5.53. The Balaban J connectivity index is 1.45. The molecule has 1 aliphatic heterocycles. The molecule has 1 N–H and O–H groups in total. The minimum Gasteiger partial charge on any atom is -0.410 e. The smallest absolute Gasteiger partial charge is 0.410 e. The quantitative estimate of drug-likeness (QED) is 0.691. The van der Waals surface area contributed by atoms with Gasteiger partial charge in [-0.2, -0.15) is 0 Å². The molecule has 1 amide bonds. The maximum atomic E-state index is 12.2. The van der Waals surface area contributed by atoms with Gasteiger partial charge < -0.3 is 15.0 Å². The van der Waals surface area contributed by atoms with Crippen molar-refractivity contribution in [2.24, 2.45) is 0 Å². The fraction of sp³-hybridized carbons (Fsp3) is 0.250. The Morgan fingerprint density at radius 3 is 2.59 bits per heavy atom. The van der Waals surface area contributed by atoms with E-state index in [1.807, 2.05) is 73.1 Å². The van der Waals surface area contributed by atoms with Crippen LogP contribution in [-0.2, 0) is 18.5 Å². The third kappa shape index (κ3) is 4.40. The van der Waals surface area contributed by atoms with Crippen LogP contribution in [0.3, 0.4) is 0 Å². The molecule has 0 fully saturated rings. The zero-order valence-corrected chi connectivity index (χ0v) is 16.8. The summed E-state index contributed by atoms with van der Waals surface area (Å²) in [6, 6.07) is 19.8. The SMILES string of the molecule is CC1(C)CN(Cc2ccncc2)c2ccc(OC(=O)NCc3ccccc3)cc21. The molecule has 0 saturated carbocycles. The molecule has 5 nitrogen and oxygen atoms in total. The van der Waals surface area contributed by atoms with Crippen LogP contribution >= 0.6 is 0 Å². The maximum absolute atomic E-state index is 12.2. The fourth-order valence-corrected chi connectivity index (χ4v) is 3.81. The lowest BCUT2D eigenvalue weighted by atomic mass is 9.87. The Morgan fingerprint density at radius 1 is 1.07 bits per heavy atom. The summed E-state index contributed by atoms with van der Waals surface area (Å²) in [5.41, 5.74) is 4.61. The third-order valence-electron chi connectivity index (χ3n) is 5.24. The number of carbonyl (C=O) groups is 1. The molecule has 0 radical (unpaired) electrons. The summed E-state index contributed by atoms with van der Waals surface area (Å²) in [5.74, 6) is 0.563. The highest BCUT2D eigenvalue weighted by Crippen LogP contribution is 2.42. The van der Waals surface area contributed by atoms with Crippen LogP contribution in [0.1, 0.15) is 30.5 Å².